The van der Waals surface area contributed by atoms with Crippen molar-refractivity contribution in [2.45, 2.75) is 144 Å². The van der Waals surface area contributed by atoms with E-state index in [1.54, 1.807) is 33.1 Å². The number of fused-ring (bicyclic) bond motifs is 2. The van der Waals surface area contributed by atoms with E-state index in [0.717, 1.165) is 56.4 Å². The minimum Gasteiger partial charge on any atom is -1.00 e. The van der Waals surface area contributed by atoms with Crippen molar-refractivity contribution in [1.29, 1.82) is 0 Å². The highest BCUT2D eigenvalue weighted by Gasteiger charge is 2.73. The van der Waals surface area contributed by atoms with E-state index >= 15 is 0 Å². The number of hydrogen-bond donors (Lipinski definition) is 1. The van der Waals surface area contributed by atoms with Gasteiger partial charge in [-0.2, -0.15) is 7.11 Å². The second-order valence-corrected chi connectivity index (χ2v) is 21.1. The Hall–Kier alpha value is -2.02. The maximum absolute atomic E-state index is 13.2. The van der Waals surface area contributed by atoms with E-state index in [9.17, 15) is 44.5 Å². The summed E-state index contributed by atoms with van der Waals surface area (Å²) in [6.45, 7) is 23.5. The summed E-state index contributed by atoms with van der Waals surface area (Å²) in [4.78, 5) is 26.1. The van der Waals surface area contributed by atoms with E-state index < -0.39 is 51.4 Å². The SMILES string of the molecule is C=CCC[C@@H](O)[C@@H](C)C(=O)N1[C@H]2CC3CC[C@@]2(CS1(=O)=O)C3(C)C.C=CCC[C@@H](OC)[C@@H](C)C(=O)N1[C@H]2CC3CC[C@@]2(CS1(=O)=O)C3(C)C.CC.C[O-].FB(F)F.[F-]. The molecule has 2 aliphatic heterocycles. The number of nitrogens with zero attached hydrogens (tertiary/aromatic N) is 2. The van der Waals surface area contributed by atoms with Gasteiger partial charge in [-0.15, -0.1) is 13.2 Å². The monoisotopic (exact) mass is 872 g/mol. The van der Waals surface area contributed by atoms with Gasteiger partial charge in [0.15, 0.2) is 0 Å². The molecule has 0 radical (unpaired) electrons. The first-order valence-corrected chi connectivity index (χ1v) is 23.5. The van der Waals surface area contributed by atoms with Crippen LogP contribution in [0.1, 0.15) is 120 Å². The van der Waals surface area contributed by atoms with Crippen molar-refractivity contribution < 1.29 is 59.0 Å². The minimum absolute atomic E-state index is 0. The third-order valence-electron chi connectivity index (χ3n) is 14.8. The Bertz CT molecular complexity index is 1630. The number of rotatable bonds is 11. The molecule has 10 atom stereocenters. The molecular weight excluding hydrogens is 803 g/mol. The van der Waals surface area contributed by atoms with Crippen molar-refractivity contribution >= 4 is 39.4 Å². The zero-order valence-electron chi connectivity index (χ0n) is 36.2. The number of sulfonamides is 2. The minimum atomic E-state index is -3.67. The number of allylic oxidation sites excluding steroid dienone is 2. The van der Waals surface area contributed by atoms with Gasteiger partial charge in [0, 0.05) is 17.9 Å². The van der Waals surface area contributed by atoms with E-state index in [1.165, 1.54) is 4.31 Å². The number of ether oxygens (including phenoxy) is 1. The average Bonchev–Trinajstić information content (AvgIpc) is 3.84. The molecule has 2 amide bonds. The van der Waals surface area contributed by atoms with Gasteiger partial charge in [-0.05, 0) is 86.9 Å². The van der Waals surface area contributed by atoms with Gasteiger partial charge in [-0.3, -0.25) is 22.5 Å². The molecule has 0 aromatic rings. The van der Waals surface area contributed by atoms with Crippen LogP contribution < -0.4 is 9.81 Å². The van der Waals surface area contributed by atoms with Crippen LogP contribution >= 0.6 is 0 Å². The van der Waals surface area contributed by atoms with Crippen LogP contribution in [0.5, 0.6) is 0 Å². The molecule has 6 rings (SSSR count). The maximum Gasteiger partial charge on any atom is 0.762 e. The number of methoxy groups -OCH3 is 1. The quantitative estimate of drug-likeness (QED) is 0.187. The van der Waals surface area contributed by atoms with E-state index in [0.29, 0.717) is 31.1 Å². The molecule has 0 aromatic carbocycles. The van der Waals surface area contributed by atoms with E-state index in [2.05, 4.69) is 40.9 Å². The topological polar surface area (TPSA) is 161 Å². The van der Waals surface area contributed by atoms with Crippen LogP contribution in [-0.2, 0) is 34.4 Å². The molecule has 0 aromatic heterocycles. The van der Waals surface area contributed by atoms with Crippen molar-refractivity contribution in [2.24, 2.45) is 45.3 Å². The van der Waals surface area contributed by atoms with Gasteiger partial charge in [0.1, 0.15) is 0 Å². The van der Waals surface area contributed by atoms with Gasteiger partial charge in [0.25, 0.3) is 0 Å². The Morgan fingerprint density at radius 2 is 1.16 bits per heavy atom. The molecule has 2 saturated heterocycles. The Balaban J connectivity index is 0.000000486. The fraction of sp³-hybridized carbons (Fsp3) is 0.850. The first-order chi connectivity index (χ1) is 26.4. The summed E-state index contributed by atoms with van der Waals surface area (Å²) >= 11 is 0. The van der Waals surface area contributed by atoms with Crippen LogP contribution in [0.15, 0.2) is 25.3 Å². The molecule has 4 saturated carbocycles. The van der Waals surface area contributed by atoms with Gasteiger partial charge in [0.2, 0.25) is 31.9 Å². The predicted octanol–water partition coefficient (Wildman–Crippen LogP) is 3.17. The number of carbonyl (C=O) groups is 2. The number of halogens is 4. The Kier molecular flexibility index (Phi) is 19.3. The van der Waals surface area contributed by atoms with Gasteiger partial charge < -0.3 is 19.7 Å². The Morgan fingerprint density at radius 1 is 0.810 bits per heavy atom. The number of aliphatic hydroxyl groups is 1. The summed E-state index contributed by atoms with van der Waals surface area (Å²) in [5.41, 5.74) is -0.648. The molecule has 6 fully saturated rings. The summed E-state index contributed by atoms with van der Waals surface area (Å²) in [6, 6.07) is -0.393. The first-order valence-electron chi connectivity index (χ1n) is 20.3. The lowest BCUT2D eigenvalue weighted by molar-refractivity contribution is -0.325. The lowest BCUT2D eigenvalue weighted by Crippen LogP contribution is -3.00. The molecular formula is C40H69BF4N2O9S2-2. The number of amides is 2. The van der Waals surface area contributed by atoms with Crippen LogP contribution in [0, 0.1) is 45.3 Å². The van der Waals surface area contributed by atoms with Crippen molar-refractivity contribution in [1.82, 2.24) is 8.61 Å². The molecule has 4 bridgehead atoms. The van der Waals surface area contributed by atoms with Crippen LogP contribution in [0.25, 0.3) is 0 Å². The lowest BCUT2D eigenvalue weighted by atomic mass is 9.69. The molecule has 11 nitrogen and oxygen atoms in total. The maximum atomic E-state index is 13.2. The molecule has 1 N–H and O–H groups in total. The zero-order valence-corrected chi connectivity index (χ0v) is 37.8. The molecule has 2 unspecified atom stereocenters. The highest BCUT2D eigenvalue weighted by molar-refractivity contribution is 7.90. The van der Waals surface area contributed by atoms with Crippen molar-refractivity contribution in [3.63, 3.8) is 0 Å². The fourth-order valence-corrected chi connectivity index (χ4v) is 16.5. The van der Waals surface area contributed by atoms with Crippen molar-refractivity contribution in [3.8, 4) is 0 Å². The van der Waals surface area contributed by atoms with Crippen molar-refractivity contribution in [2.75, 3.05) is 25.7 Å². The molecule has 58 heavy (non-hydrogen) atoms. The van der Waals surface area contributed by atoms with Gasteiger partial charge >= 0.3 is 7.54 Å². The zero-order chi connectivity index (χ0) is 44.1. The number of aliphatic hydroxyl groups excluding tert-OH is 1. The van der Waals surface area contributed by atoms with Crippen LogP contribution in [0.2, 0.25) is 0 Å². The third kappa shape index (κ3) is 9.55. The number of carbonyl (C=O) groups excluding carboxylic acids is 2. The molecule has 338 valence electrons. The molecule has 2 spiro atoms. The first kappa shape index (κ1) is 54.0. The lowest BCUT2D eigenvalue weighted by Gasteiger charge is -2.37. The fourth-order valence-electron chi connectivity index (χ4n) is 11.3. The molecule has 18 heteroatoms. The van der Waals surface area contributed by atoms with E-state index in [1.807, 2.05) is 13.8 Å². The highest BCUT2D eigenvalue weighted by atomic mass is 32.2. The van der Waals surface area contributed by atoms with Crippen molar-refractivity contribution in [3.05, 3.63) is 25.3 Å². The summed E-state index contributed by atoms with van der Waals surface area (Å²) in [6.07, 6.45) is 10.3. The molecule has 2 heterocycles. The van der Waals surface area contributed by atoms with E-state index in [4.69, 9.17) is 9.84 Å². The standard InChI is InChI=1S/C19H31NO4S.C18H29NO4S.C2H6.CH3O.BF3.FH/c1-6-7-8-15(24-5)13(2)17(21)20-16-11-14-9-10-19(16,18(14,3)4)12-25(20,22)23;1-5-6-7-14(20)12(2)16(21)19-15-10-13-8-9-18(15,17(13,3)4)11-24(19,22)23;2*1-2;2-1(3)4;/h6,13-16H,1,7-12H2,2-5H3;5,12-15,20H,1,6-11H2,2-4H3;1-2H3;1H3;;1H/q;;;-1;;/p-1/t13-,14?,15-,16+,19+;12-,13?,14-,15+,18+;;;;/m11..../s1. The van der Waals surface area contributed by atoms with Crippen LogP contribution in [0.4, 0.5) is 12.9 Å². The summed E-state index contributed by atoms with van der Waals surface area (Å²) in [7, 11) is -8.50. The normalized spacial score (nSPS) is 32.3. The van der Waals surface area contributed by atoms with Gasteiger partial charge in [-0.25, -0.2) is 25.4 Å². The van der Waals surface area contributed by atoms with Crippen LogP contribution in [-0.4, -0.2) is 99.9 Å². The Labute approximate surface area is 346 Å². The molecule has 4 aliphatic carbocycles. The van der Waals surface area contributed by atoms with Crippen LogP contribution in [0.3, 0.4) is 0 Å². The average molecular weight is 873 g/mol. The summed E-state index contributed by atoms with van der Waals surface area (Å²) in [5.74, 6) is -0.717. The van der Waals surface area contributed by atoms with Gasteiger partial charge in [0.05, 0.1) is 47.6 Å². The second-order valence-electron chi connectivity index (χ2n) is 17.4. The second kappa shape index (κ2) is 20.7. The third-order valence-corrected chi connectivity index (χ3v) is 18.6. The van der Waals surface area contributed by atoms with E-state index in [-0.39, 0.29) is 62.0 Å². The number of hydrogen-bond acceptors (Lipinski definition) is 9. The smallest absolute Gasteiger partial charge is 0.762 e. The van der Waals surface area contributed by atoms with Gasteiger partial charge in [-0.1, -0.05) is 67.5 Å². The predicted molar refractivity (Wildman–Crippen MR) is 216 cm³/mol. The summed E-state index contributed by atoms with van der Waals surface area (Å²) < 4.78 is 88.5. The molecule has 6 aliphatic rings. The Morgan fingerprint density at radius 3 is 1.48 bits per heavy atom. The highest BCUT2D eigenvalue weighted by Crippen LogP contribution is 2.71. The largest absolute Gasteiger partial charge is 1.00 e. The summed E-state index contributed by atoms with van der Waals surface area (Å²) in [5, 5.41) is 18.5.